The van der Waals surface area contributed by atoms with Crippen molar-refractivity contribution in [2.75, 3.05) is 33.9 Å². The van der Waals surface area contributed by atoms with Crippen LogP contribution in [0.15, 0.2) is 24.3 Å². The van der Waals surface area contributed by atoms with Gasteiger partial charge in [-0.3, -0.25) is 15.0 Å². The van der Waals surface area contributed by atoms with Gasteiger partial charge in [-0.15, -0.1) is 0 Å². The van der Waals surface area contributed by atoms with Gasteiger partial charge in [0.2, 0.25) is 5.91 Å². The smallest absolute Gasteiger partial charge is 0.321 e. The van der Waals surface area contributed by atoms with Crippen LogP contribution >= 0.6 is 11.6 Å². The number of rotatable bonds is 7. The monoisotopic (exact) mass is 313 g/mol. The number of nitrogens with zero attached hydrogens (tertiary/aromatic N) is 1. The molecule has 116 valence electrons. The van der Waals surface area contributed by atoms with Crippen molar-refractivity contribution >= 4 is 23.5 Å². The van der Waals surface area contributed by atoms with Gasteiger partial charge in [-0.2, -0.15) is 0 Å². The molecule has 0 saturated heterocycles. The zero-order valence-electron chi connectivity index (χ0n) is 12.2. The molecule has 0 bridgehead atoms. The number of carbonyl (C=O) groups excluding carboxylic acids is 2. The van der Waals surface area contributed by atoms with Gasteiger partial charge in [-0.1, -0.05) is 23.7 Å². The molecule has 2 N–H and O–H groups in total. The minimum Gasteiger partial charge on any atom is -0.383 e. The molecule has 0 saturated carbocycles. The SMILES string of the molecule is COCCNC(=O)NC(=O)CN(C)Cc1ccc(Cl)cc1. The molecule has 0 aliphatic heterocycles. The number of halogens is 1. The zero-order chi connectivity index (χ0) is 15.7. The van der Waals surface area contributed by atoms with Crippen LogP contribution in [0.5, 0.6) is 0 Å². The van der Waals surface area contributed by atoms with Crippen molar-refractivity contribution in [2.24, 2.45) is 0 Å². The Morgan fingerprint density at radius 2 is 1.95 bits per heavy atom. The van der Waals surface area contributed by atoms with Crippen molar-refractivity contribution in [3.63, 3.8) is 0 Å². The Kier molecular flexibility index (Phi) is 7.74. The van der Waals surface area contributed by atoms with E-state index in [4.69, 9.17) is 16.3 Å². The fourth-order valence-corrected chi connectivity index (χ4v) is 1.81. The Labute approximate surface area is 129 Å². The number of benzene rings is 1. The Morgan fingerprint density at radius 1 is 1.29 bits per heavy atom. The first-order valence-corrected chi connectivity index (χ1v) is 6.88. The van der Waals surface area contributed by atoms with E-state index in [9.17, 15) is 9.59 Å². The fraction of sp³-hybridized carbons (Fsp3) is 0.429. The predicted molar refractivity (Wildman–Crippen MR) is 81.2 cm³/mol. The van der Waals surface area contributed by atoms with Crippen LogP contribution in [0.2, 0.25) is 5.02 Å². The molecule has 0 unspecified atom stereocenters. The molecule has 7 heteroatoms. The molecule has 0 fully saturated rings. The summed E-state index contributed by atoms with van der Waals surface area (Å²) in [5, 5.41) is 5.44. The fourth-order valence-electron chi connectivity index (χ4n) is 1.68. The molecule has 6 nitrogen and oxygen atoms in total. The van der Waals surface area contributed by atoms with Gasteiger partial charge in [0.1, 0.15) is 0 Å². The lowest BCUT2D eigenvalue weighted by atomic mass is 10.2. The van der Waals surface area contributed by atoms with E-state index < -0.39 is 6.03 Å². The third-order valence-corrected chi connectivity index (χ3v) is 2.88. The summed E-state index contributed by atoms with van der Waals surface area (Å²) in [4.78, 5) is 24.9. The molecule has 3 amide bonds. The number of urea groups is 1. The quantitative estimate of drug-likeness (QED) is 0.743. The summed E-state index contributed by atoms with van der Waals surface area (Å²) in [5.74, 6) is -0.360. The van der Waals surface area contributed by atoms with E-state index in [-0.39, 0.29) is 12.5 Å². The van der Waals surface area contributed by atoms with E-state index in [1.54, 1.807) is 24.1 Å². The van der Waals surface area contributed by atoms with Gasteiger partial charge in [0.25, 0.3) is 0 Å². The van der Waals surface area contributed by atoms with Crippen LogP contribution in [0, 0.1) is 0 Å². The highest BCUT2D eigenvalue weighted by Crippen LogP contribution is 2.10. The topological polar surface area (TPSA) is 70.7 Å². The summed E-state index contributed by atoms with van der Waals surface area (Å²) in [5.41, 5.74) is 1.04. The summed E-state index contributed by atoms with van der Waals surface area (Å²) in [7, 11) is 3.34. The van der Waals surface area contributed by atoms with Crippen molar-refractivity contribution in [3.8, 4) is 0 Å². The normalized spacial score (nSPS) is 10.5. The molecule has 1 rings (SSSR count). The Morgan fingerprint density at radius 3 is 2.57 bits per heavy atom. The van der Waals surface area contributed by atoms with Gasteiger partial charge < -0.3 is 10.1 Å². The summed E-state index contributed by atoms with van der Waals surface area (Å²) in [6.45, 7) is 1.48. The van der Waals surface area contributed by atoms with Gasteiger partial charge in [-0.05, 0) is 24.7 Å². The highest BCUT2D eigenvalue weighted by molar-refractivity contribution is 6.30. The number of likely N-dealkylation sites (N-methyl/N-ethyl adjacent to an activating group) is 1. The van der Waals surface area contributed by atoms with E-state index in [0.717, 1.165) is 5.56 Å². The third kappa shape index (κ3) is 7.65. The molecule has 0 atom stereocenters. The second-order valence-electron chi connectivity index (χ2n) is 4.60. The van der Waals surface area contributed by atoms with Crippen molar-refractivity contribution < 1.29 is 14.3 Å². The van der Waals surface area contributed by atoms with Crippen LogP contribution in [-0.2, 0) is 16.1 Å². The second kappa shape index (κ2) is 9.33. The van der Waals surface area contributed by atoms with Crippen LogP contribution < -0.4 is 10.6 Å². The first-order chi connectivity index (χ1) is 10.0. The Balaban J connectivity index is 2.30. The number of hydrogen-bond donors (Lipinski definition) is 2. The van der Waals surface area contributed by atoms with Crippen molar-refractivity contribution in [3.05, 3.63) is 34.9 Å². The van der Waals surface area contributed by atoms with Crippen LogP contribution in [0.1, 0.15) is 5.56 Å². The van der Waals surface area contributed by atoms with Gasteiger partial charge in [-0.25, -0.2) is 4.79 Å². The average Bonchev–Trinajstić information content (AvgIpc) is 2.41. The maximum Gasteiger partial charge on any atom is 0.321 e. The molecule has 1 aromatic rings. The summed E-state index contributed by atoms with van der Waals surface area (Å²) in [6, 6.07) is 6.88. The molecular formula is C14H20ClN3O3. The maximum atomic E-state index is 11.7. The van der Waals surface area contributed by atoms with Gasteiger partial charge in [0, 0.05) is 25.2 Å². The van der Waals surface area contributed by atoms with Gasteiger partial charge in [0.05, 0.1) is 13.2 Å². The summed E-state index contributed by atoms with van der Waals surface area (Å²) in [6.07, 6.45) is 0. The van der Waals surface area contributed by atoms with E-state index in [2.05, 4.69) is 10.6 Å². The Bertz CT molecular complexity index is 465. The summed E-state index contributed by atoms with van der Waals surface area (Å²) >= 11 is 5.81. The molecule has 21 heavy (non-hydrogen) atoms. The van der Waals surface area contributed by atoms with Crippen LogP contribution in [0.4, 0.5) is 4.79 Å². The number of amides is 3. The number of carbonyl (C=O) groups is 2. The van der Waals surface area contributed by atoms with Crippen molar-refractivity contribution in [1.29, 1.82) is 0 Å². The van der Waals surface area contributed by atoms with Gasteiger partial charge >= 0.3 is 6.03 Å². The molecule has 0 spiro atoms. The van der Waals surface area contributed by atoms with E-state index >= 15 is 0 Å². The molecule has 0 aliphatic rings. The first-order valence-electron chi connectivity index (χ1n) is 6.51. The van der Waals surface area contributed by atoms with Crippen molar-refractivity contribution in [1.82, 2.24) is 15.5 Å². The number of nitrogens with one attached hydrogen (secondary N) is 2. The van der Waals surface area contributed by atoms with E-state index in [0.29, 0.717) is 24.7 Å². The van der Waals surface area contributed by atoms with Crippen LogP contribution in [0.3, 0.4) is 0 Å². The lowest BCUT2D eigenvalue weighted by Gasteiger charge is -2.16. The Hall–Kier alpha value is -1.63. The number of methoxy groups -OCH3 is 1. The number of ether oxygens (including phenoxy) is 1. The average molecular weight is 314 g/mol. The minimum absolute atomic E-state index is 0.125. The van der Waals surface area contributed by atoms with Crippen LogP contribution in [0.25, 0.3) is 0 Å². The predicted octanol–water partition coefficient (Wildman–Crippen LogP) is 1.24. The second-order valence-corrected chi connectivity index (χ2v) is 5.03. The summed E-state index contributed by atoms with van der Waals surface area (Å²) < 4.78 is 4.79. The van der Waals surface area contributed by atoms with E-state index in [1.165, 1.54) is 7.11 Å². The highest BCUT2D eigenvalue weighted by atomic mass is 35.5. The first kappa shape index (κ1) is 17.4. The molecule has 1 aromatic carbocycles. The van der Waals surface area contributed by atoms with Crippen LogP contribution in [-0.4, -0.2) is 50.7 Å². The lowest BCUT2D eigenvalue weighted by molar-refractivity contribution is -0.120. The third-order valence-electron chi connectivity index (χ3n) is 2.62. The minimum atomic E-state index is -0.517. The van der Waals surface area contributed by atoms with Crippen molar-refractivity contribution in [2.45, 2.75) is 6.54 Å². The van der Waals surface area contributed by atoms with Gasteiger partial charge in [0.15, 0.2) is 0 Å². The molecule has 0 radical (unpaired) electrons. The lowest BCUT2D eigenvalue weighted by Crippen LogP contribution is -2.44. The number of hydrogen-bond acceptors (Lipinski definition) is 4. The molecule has 0 heterocycles. The maximum absolute atomic E-state index is 11.7. The zero-order valence-corrected chi connectivity index (χ0v) is 12.9. The molecular weight excluding hydrogens is 294 g/mol. The number of imide groups is 1. The standard InChI is InChI=1S/C14H20ClN3O3/c1-18(9-11-3-5-12(15)6-4-11)10-13(19)17-14(20)16-7-8-21-2/h3-6H,7-10H2,1-2H3,(H2,16,17,19,20). The van der Waals surface area contributed by atoms with E-state index in [1.807, 2.05) is 12.1 Å². The largest absolute Gasteiger partial charge is 0.383 e. The molecule has 0 aliphatic carbocycles. The highest BCUT2D eigenvalue weighted by Gasteiger charge is 2.10. The molecule has 0 aromatic heterocycles.